The molecule has 2 rings (SSSR count). The molecule has 98 valence electrons. The lowest BCUT2D eigenvalue weighted by Crippen LogP contribution is -2.13. The summed E-state index contributed by atoms with van der Waals surface area (Å²) in [7, 11) is 0. The van der Waals surface area contributed by atoms with Crippen molar-refractivity contribution < 1.29 is 0 Å². The number of nitrogens with one attached hydrogen (secondary N) is 1. The highest BCUT2D eigenvalue weighted by molar-refractivity contribution is 7.15. The third-order valence-electron chi connectivity index (χ3n) is 2.43. The van der Waals surface area contributed by atoms with Crippen molar-refractivity contribution in [2.24, 2.45) is 0 Å². The van der Waals surface area contributed by atoms with E-state index in [-0.39, 0.29) is 5.41 Å². The summed E-state index contributed by atoms with van der Waals surface area (Å²) in [6, 6.07) is 0.410. The number of aromatic nitrogens is 2. The summed E-state index contributed by atoms with van der Waals surface area (Å²) in [5.74, 6) is 0. The first kappa shape index (κ1) is 13.5. The van der Waals surface area contributed by atoms with Gasteiger partial charge in [-0.15, -0.1) is 22.7 Å². The molecular formula is C13H19N3S2. The normalized spacial score (nSPS) is 12.1. The lowest BCUT2D eigenvalue weighted by Gasteiger charge is -2.16. The molecule has 0 aliphatic heterocycles. The molecule has 3 nitrogen and oxygen atoms in total. The topological polar surface area (TPSA) is 37.8 Å². The molecule has 2 aromatic heterocycles. The van der Waals surface area contributed by atoms with Crippen LogP contribution in [0.15, 0.2) is 10.9 Å². The van der Waals surface area contributed by atoms with Crippen LogP contribution in [-0.4, -0.2) is 16.0 Å². The Morgan fingerprint density at radius 1 is 1.22 bits per heavy atom. The first-order valence-corrected chi connectivity index (χ1v) is 7.80. The molecule has 0 spiro atoms. The molecular weight excluding hydrogens is 262 g/mol. The zero-order valence-corrected chi connectivity index (χ0v) is 13.1. The Hall–Kier alpha value is -0.940. The maximum Gasteiger partial charge on any atom is 0.183 e. The zero-order valence-electron chi connectivity index (χ0n) is 11.4. The molecule has 0 radical (unpaired) electrons. The summed E-state index contributed by atoms with van der Waals surface area (Å²) in [4.78, 5) is 10.3. The van der Waals surface area contributed by atoms with Gasteiger partial charge < -0.3 is 5.32 Å². The summed E-state index contributed by atoms with van der Waals surface area (Å²) in [5, 5.41) is 6.42. The number of rotatable bonds is 3. The van der Waals surface area contributed by atoms with Crippen molar-refractivity contribution in [3.8, 4) is 10.6 Å². The van der Waals surface area contributed by atoms with Gasteiger partial charge in [0.05, 0.1) is 21.8 Å². The number of hydrogen-bond acceptors (Lipinski definition) is 5. The highest BCUT2D eigenvalue weighted by atomic mass is 32.1. The van der Waals surface area contributed by atoms with E-state index in [4.69, 9.17) is 0 Å². The van der Waals surface area contributed by atoms with Gasteiger partial charge in [-0.3, -0.25) is 0 Å². The molecule has 0 aliphatic carbocycles. The van der Waals surface area contributed by atoms with Crippen molar-refractivity contribution in [3.05, 3.63) is 16.6 Å². The van der Waals surface area contributed by atoms with Crippen LogP contribution in [-0.2, 0) is 5.41 Å². The van der Waals surface area contributed by atoms with Crippen molar-refractivity contribution in [1.82, 2.24) is 9.97 Å². The second-order valence-corrected chi connectivity index (χ2v) is 7.33. The second kappa shape index (κ2) is 4.97. The molecule has 0 aromatic carbocycles. The van der Waals surface area contributed by atoms with Gasteiger partial charge in [-0.1, -0.05) is 20.8 Å². The van der Waals surface area contributed by atoms with Crippen LogP contribution in [0.3, 0.4) is 0 Å². The number of thiazole rings is 2. The summed E-state index contributed by atoms with van der Waals surface area (Å²) in [6.45, 7) is 10.8. The van der Waals surface area contributed by atoms with E-state index in [9.17, 15) is 0 Å². The minimum atomic E-state index is 0.0601. The van der Waals surface area contributed by atoms with Gasteiger partial charge in [0.25, 0.3) is 0 Å². The van der Waals surface area contributed by atoms with Gasteiger partial charge in [0.1, 0.15) is 0 Å². The van der Waals surface area contributed by atoms with E-state index in [1.165, 1.54) is 4.88 Å². The Morgan fingerprint density at radius 3 is 2.56 bits per heavy atom. The second-order valence-electron chi connectivity index (χ2n) is 5.62. The predicted molar refractivity (Wildman–Crippen MR) is 80.7 cm³/mol. The first-order valence-electron chi connectivity index (χ1n) is 6.04. The van der Waals surface area contributed by atoms with E-state index < -0.39 is 0 Å². The molecule has 0 atom stereocenters. The van der Waals surface area contributed by atoms with Gasteiger partial charge >= 0.3 is 0 Å². The fraction of sp³-hybridized carbons (Fsp3) is 0.538. The molecule has 5 heteroatoms. The number of hydrogen-bond donors (Lipinski definition) is 1. The van der Waals surface area contributed by atoms with E-state index in [2.05, 4.69) is 55.3 Å². The molecule has 18 heavy (non-hydrogen) atoms. The van der Waals surface area contributed by atoms with E-state index in [0.717, 1.165) is 16.5 Å². The number of anilines is 1. The van der Waals surface area contributed by atoms with Crippen LogP contribution in [0.2, 0.25) is 0 Å². The lowest BCUT2D eigenvalue weighted by atomic mass is 9.91. The molecule has 0 fully saturated rings. The third kappa shape index (κ3) is 2.90. The number of nitrogens with zero attached hydrogens (tertiary/aromatic N) is 2. The van der Waals surface area contributed by atoms with Crippen LogP contribution in [0, 0.1) is 0 Å². The molecule has 1 N–H and O–H groups in total. The minimum absolute atomic E-state index is 0.0601. The average Bonchev–Trinajstić information content (AvgIpc) is 2.81. The van der Waals surface area contributed by atoms with Crippen LogP contribution in [0.1, 0.15) is 40.3 Å². The van der Waals surface area contributed by atoms with Crippen LogP contribution < -0.4 is 5.32 Å². The Morgan fingerprint density at radius 2 is 1.94 bits per heavy atom. The monoisotopic (exact) mass is 281 g/mol. The summed E-state index contributed by atoms with van der Waals surface area (Å²) >= 11 is 3.32. The standard InChI is InChI=1S/C13H19N3S2/c1-8(2)15-12-16-9(6-17-12)10-11(13(3,4)5)14-7-18-10/h6-8H,1-5H3,(H,15,16). The van der Waals surface area contributed by atoms with Gasteiger partial charge in [0.15, 0.2) is 5.13 Å². The average molecular weight is 281 g/mol. The first-order chi connectivity index (χ1) is 8.38. The fourth-order valence-corrected chi connectivity index (χ4v) is 3.54. The third-order valence-corrected chi connectivity index (χ3v) is 4.05. The zero-order chi connectivity index (χ0) is 13.3. The quantitative estimate of drug-likeness (QED) is 0.907. The van der Waals surface area contributed by atoms with Crippen molar-refractivity contribution in [2.45, 2.75) is 46.1 Å². The Kier molecular flexibility index (Phi) is 3.73. The maximum atomic E-state index is 4.64. The predicted octanol–water partition coefficient (Wildman–Crippen LogP) is 4.38. The molecule has 0 amide bonds. The van der Waals surface area contributed by atoms with Gasteiger partial charge in [-0.05, 0) is 13.8 Å². The maximum absolute atomic E-state index is 4.64. The molecule has 0 aliphatic rings. The minimum Gasteiger partial charge on any atom is -0.359 e. The van der Waals surface area contributed by atoms with E-state index in [0.29, 0.717) is 6.04 Å². The summed E-state index contributed by atoms with van der Waals surface area (Å²) < 4.78 is 0. The molecule has 0 saturated heterocycles. The van der Waals surface area contributed by atoms with Crippen LogP contribution in [0.25, 0.3) is 10.6 Å². The largest absolute Gasteiger partial charge is 0.359 e. The molecule has 0 saturated carbocycles. The van der Waals surface area contributed by atoms with Crippen molar-refractivity contribution in [1.29, 1.82) is 0 Å². The summed E-state index contributed by atoms with van der Waals surface area (Å²) in [6.07, 6.45) is 0. The highest BCUT2D eigenvalue weighted by Gasteiger charge is 2.23. The molecule has 0 bridgehead atoms. The smallest absolute Gasteiger partial charge is 0.183 e. The van der Waals surface area contributed by atoms with Crippen LogP contribution in [0.4, 0.5) is 5.13 Å². The van der Waals surface area contributed by atoms with Gasteiger partial charge in [-0.25, -0.2) is 9.97 Å². The SMILES string of the molecule is CC(C)Nc1nc(-c2scnc2C(C)(C)C)cs1. The fourth-order valence-electron chi connectivity index (χ4n) is 1.65. The van der Waals surface area contributed by atoms with E-state index in [1.54, 1.807) is 22.7 Å². The van der Waals surface area contributed by atoms with E-state index in [1.807, 2.05) is 5.51 Å². The van der Waals surface area contributed by atoms with Crippen LogP contribution >= 0.6 is 22.7 Å². The van der Waals surface area contributed by atoms with Gasteiger partial charge in [0.2, 0.25) is 0 Å². The van der Waals surface area contributed by atoms with E-state index >= 15 is 0 Å². The molecule has 2 heterocycles. The Balaban J connectivity index is 2.32. The molecule has 0 unspecified atom stereocenters. The van der Waals surface area contributed by atoms with Gasteiger partial charge in [0, 0.05) is 16.8 Å². The van der Waals surface area contributed by atoms with Crippen molar-refractivity contribution >= 4 is 27.8 Å². The van der Waals surface area contributed by atoms with Crippen LogP contribution in [0.5, 0.6) is 0 Å². The van der Waals surface area contributed by atoms with Crippen molar-refractivity contribution in [2.75, 3.05) is 5.32 Å². The lowest BCUT2D eigenvalue weighted by molar-refractivity contribution is 0.574. The van der Waals surface area contributed by atoms with Crippen molar-refractivity contribution in [3.63, 3.8) is 0 Å². The van der Waals surface area contributed by atoms with Gasteiger partial charge in [-0.2, -0.15) is 0 Å². The summed E-state index contributed by atoms with van der Waals surface area (Å²) in [5.41, 5.74) is 4.14. The molecule has 2 aromatic rings. The highest BCUT2D eigenvalue weighted by Crippen LogP contribution is 2.36. The Labute approximate surface area is 116 Å². The Bertz CT molecular complexity index is 520.